The van der Waals surface area contributed by atoms with E-state index in [2.05, 4.69) is 26.6 Å². The number of hydrogen-bond donors (Lipinski definition) is 2. The molecule has 5 rings (SSSR count). The normalized spacial score (nSPS) is 23.6. The molecule has 2 heterocycles. The van der Waals surface area contributed by atoms with Gasteiger partial charge in [-0.2, -0.15) is 0 Å². The van der Waals surface area contributed by atoms with Crippen molar-refractivity contribution in [3.8, 4) is 5.75 Å². The summed E-state index contributed by atoms with van der Waals surface area (Å²) in [6.45, 7) is 1.91. The summed E-state index contributed by atoms with van der Waals surface area (Å²) >= 11 is 15.2. The highest BCUT2D eigenvalue weighted by molar-refractivity contribution is 9.10. The van der Waals surface area contributed by atoms with Gasteiger partial charge in [-0.3, -0.25) is 9.69 Å². The third-order valence-electron chi connectivity index (χ3n) is 5.89. The molecule has 3 aromatic rings. The van der Waals surface area contributed by atoms with Crippen molar-refractivity contribution in [3.05, 3.63) is 87.9 Å². The summed E-state index contributed by atoms with van der Waals surface area (Å²) in [5.74, 6) is -0.0393. The first-order valence-corrected chi connectivity index (χ1v) is 11.7. The maximum atomic E-state index is 13.7. The van der Waals surface area contributed by atoms with Gasteiger partial charge in [0.25, 0.3) is 0 Å². The molecule has 2 N–H and O–H groups in total. The van der Waals surface area contributed by atoms with Gasteiger partial charge in [0.2, 0.25) is 5.91 Å². The first kappa shape index (κ1) is 21.2. The molecule has 0 aliphatic carbocycles. The fourth-order valence-electron chi connectivity index (χ4n) is 4.46. The van der Waals surface area contributed by atoms with Crippen LogP contribution in [0.15, 0.2) is 77.3 Å². The van der Waals surface area contributed by atoms with Crippen LogP contribution < -0.4 is 20.3 Å². The Bertz CT molecular complexity index is 1200. The van der Waals surface area contributed by atoms with Gasteiger partial charge in [0, 0.05) is 26.4 Å². The van der Waals surface area contributed by atoms with Crippen molar-refractivity contribution < 1.29 is 9.53 Å². The fraction of sp³-hybridized carbons (Fsp3) is 0.167. The van der Waals surface area contributed by atoms with Gasteiger partial charge in [-0.15, -0.1) is 0 Å². The second-order valence-corrected chi connectivity index (χ2v) is 9.65. The molecule has 8 heteroatoms. The minimum Gasteiger partial charge on any atom is -0.467 e. The van der Waals surface area contributed by atoms with E-state index in [9.17, 15) is 4.79 Å². The van der Waals surface area contributed by atoms with Crippen LogP contribution in [0.25, 0.3) is 0 Å². The first-order chi connectivity index (χ1) is 15.4. The van der Waals surface area contributed by atoms with Gasteiger partial charge >= 0.3 is 0 Å². The molecular weight excluding hydrogens is 510 g/mol. The van der Waals surface area contributed by atoms with Gasteiger partial charge in [-0.05, 0) is 73.7 Å². The van der Waals surface area contributed by atoms with Crippen molar-refractivity contribution in [1.82, 2.24) is 5.32 Å². The van der Waals surface area contributed by atoms with E-state index in [-0.39, 0.29) is 11.9 Å². The Kier molecular flexibility index (Phi) is 5.35. The first-order valence-electron chi connectivity index (χ1n) is 10.1. The van der Waals surface area contributed by atoms with Crippen LogP contribution in [-0.4, -0.2) is 16.7 Å². The number of ether oxygens (including phenoxy) is 1. The summed E-state index contributed by atoms with van der Waals surface area (Å²) in [6, 6.07) is 22.2. The quantitative estimate of drug-likeness (QED) is 0.415. The molecule has 0 aromatic heterocycles. The van der Waals surface area contributed by atoms with Crippen LogP contribution in [0.2, 0.25) is 5.02 Å². The molecule has 1 fully saturated rings. The predicted molar refractivity (Wildman–Crippen MR) is 134 cm³/mol. The largest absolute Gasteiger partial charge is 0.467 e. The number of nitrogens with one attached hydrogen (secondary N) is 2. The number of carbonyl (C=O) groups excluding carboxylic acids is 1. The monoisotopic (exact) mass is 527 g/mol. The Balaban J connectivity index is 1.60. The van der Waals surface area contributed by atoms with Crippen molar-refractivity contribution in [2.75, 3.05) is 10.2 Å². The van der Waals surface area contributed by atoms with Crippen LogP contribution in [0.4, 0.5) is 11.4 Å². The smallest absolute Gasteiger partial charge is 0.236 e. The zero-order valence-corrected chi connectivity index (χ0v) is 20.2. The zero-order chi connectivity index (χ0) is 22.5. The molecule has 0 spiro atoms. The fourth-order valence-corrected chi connectivity index (χ4v) is 5.27. The van der Waals surface area contributed by atoms with Gasteiger partial charge in [0.15, 0.2) is 10.8 Å². The van der Waals surface area contributed by atoms with Gasteiger partial charge in [-0.1, -0.05) is 45.7 Å². The molecule has 162 valence electrons. The summed E-state index contributed by atoms with van der Waals surface area (Å²) in [7, 11) is 0. The molecule has 2 aliphatic rings. The lowest BCUT2D eigenvalue weighted by Crippen LogP contribution is -2.72. The molecule has 2 aliphatic heterocycles. The topological polar surface area (TPSA) is 53.6 Å². The maximum absolute atomic E-state index is 13.7. The van der Waals surface area contributed by atoms with E-state index in [1.54, 1.807) is 24.3 Å². The second kappa shape index (κ2) is 8.06. The third kappa shape index (κ3) is 3.54. The van der Waals surface area contributed by atoms with E-state index in [1.807, 2.05) is 60.4 Å². The highest BCUT2D eigenvalue weighted by Crippen LogP contribution is 2.49. The molecule has 2 bridgehead atoms. The molecule has 0 radical (unpaired) electrons. The summed E-state index contributed by atoms with van der Waals surface area (Å²) in [4.78, 5) is 15.6. The summed E-state index contributed by atoms with van der Waals surface area (Å²) in [5.41, 5.74) is 1.35. The van der Waals surface area contributed by atoms with E-state index in [1.165, 1.54) is 0 Å². The number of rotatable bonds is 3. The maximum Gasteiger partial charge on any atom is 0.236 e. The lowest BCUT2D eigenvalue weighted by Gasteiger charge is -2.56. The van der Waals surface area contributed by atoms with Gasteiger partial charge in [0.05, 0.1) is 6.04 Å². The van der Waals surface area contributed by atoms with Crippen molar-refractivity contribution in [2.45, 2.75) is 18.7 Å². The number of benzene rings is 3. The number of fused-ring (bicyclic) bond motifs is 4. The van der Waals surface area contributed by atoms with Crippen LogP contribution in [0.5, 0.6) is 5.75 Å². The SMILES string of the molecule is C[C@@]12Oc3ccccc3[C@@H](NC(=S)N1c1ccc(Br)cc1)[C@H]2C(=O)Nc1ccc(Cl)cc1. The Morgan fingerprint density at radius 1 is 1.12 bits per heavy atom. The summed E-state index contributed by atoms with van der Waals surface area (Å²) < 4.78 is 7.50. The van der Waals surface area contributed by atoms with E-state index < -0.39 is 11.6 Å². The minimum absolute atomic E-state index is 0.175. The van der Waals surface area contributed by atoms with Crippen LogP contribution in [0.3, 0.4) is 0 Å². The number of thiocarbonyl (C=S) groups is 1. The number of nitrogens with zero attached hydrogens (tertiary/aromatic N) is 1. The number of para-hydroxylation sites is 1. The van der Waals surface area contributed by atoms with E-state index in [0.717, 1.165) is 21.5 Å². The third-order valence-corrected chi connectivity index (χ3v) is 6.97. The van der Waals surface area contributed by atoms with E-state index in [0.29, 0.717) is 15.8 Å². The molecule has 3 atom stereocenters. The highest BCUT2D eigenvalue weighted by Gasteiger charge is 2.59. The van der Waals surface area contributed by atoms with Gasteiger partial charge < -0.3 is 15.4 Å². The van der Waals surface area contributed by atoms with Crippen LogP contribution in [0, 0.1) is 5.92 Å². The lowest BCUT2D eigenvalue weighted by molar-refractivity contribution is -0.130. The van der Waals surface area contributed by atoms with Crippen molar-refractivity contribution in [1.29, 1.82) is 0 Å². The van der Waals surface area contributed by atoms with Crippen LogP contribution >= 0.6 is 39.7 Å². The Morgan fingerprint density at radius 3 is 2.53 bits per heavy atom. The highest BCUT2D eigenvalue weighted by atomic mass is 79.9. The zero-order valence-electron chi connectivity index (χ0n) is 17.0. The van der Waals surface area contributed by atoms with Crippen molar-refractivity contribution in [2.24, 2.45) is 5.92 Å². The number of amides is 1. The standard InChI is InChI=1S/C24H19BrClN3O2S/c1-24-20(22(30)27-16-10-8-15(26)9-11-16)21(18-4-2-3-5-19(18)31-24)28-23(32)29(24)17-12-6-14(25)7-13-17/h2-13,20-21H,1H3,(H,27,30)(H,28,32)/t20-,21+,24-/m0/s1. The summed E-state index contributed by atoms with van der Waals surface area (Å²) in [5, 5.41) is 7.54. The Morgan fingerprint density at radius 2 is 1.81 bits per heavy atom. The lowest BCUT2D eigenvalue weighted by atomic mass is 9.78. The number of hydrogen-bond acceptors (Lipinski definition) is 3. The van der Waals surface area contributed by atoms with Crippen molar-refractivity contribution in [3.63, 3.8) is 0 Å². The molecule has 0 unspecified atom stereocenters. The molecule has 0 saturated carbocycles. The average Bonchev–Trinajstić information content (AvgIpc) is 2.76. The molecule has 5 nitrogen and oxygen atoms in total. The molecular formula is C24H19BrClN3O2S. The van der Waals surface area contributed by atoms with Gasteiger partial charge in [0.1, 0.15) is 11.7 Å². The van der Waals surface area contributed by atoms with Gasteiger partial charge in [-0.25, -0.2) is 0 Å². The second-order valence-electron chi connectivity index (χ2n) is 7.91. The van der Waals surface area contributed by atoms with E-state index >= 15 is 0 Å². The Labute approximate surface area is 204 Å². The van der Waals surface area contributed by atoms with Crippen LogP contribution in [0.1, 0.15) is 18.5 Å². The number of halogens is 2. The van der Waals surface area contributed by atoms with Crippen LogP contribution in [-0.2, 0) is 4.79 Å². The summed E-state index contributed by atoms with van der Waals surface area (Å²) in [6.07, 6.45) is 0. The molecule has 3 aromatic carbocycles. The molecule has 1 saturated heterocycles. The number of carbonyl (C=O) groups is 1. The molecule has 32 heavy (non-hydrogen) atoms. The number of anilines is 2. The van der Waals surface area contributed by atoms with E-state index in [4.69, 9.17) is 28.6 Å². The average molecular weight is 529 g/mol. The minimum atomic E-state index is -1.05. The van der Waals surface area contributed by atoms with Crippen molar-refractivity contribution >= 4 is 62.1 Å². The Hall–Kier alpha value is -2.61. The predicted octanol–water partition coefficient (Wildman–Crippen LogP) is 5.90. The molecule has 1 amide bonds.